The largest absolute Gasteiger partial charge is 0.497 e. The van der Waals surface area contributed by atoms with Gasteiger partial charge in [-0.2, -0.15) is 0 Å². The Morgan fingerprint density at radius 1 is 1.06 bits per heavy atom. The molecule has 4 rings (SSSR count). The number of methoxy groups -OCH3 is 1. The lowest BCUT2D eigenvalue weighted by Crippen LogP contribution is -2.52. The van der Waals surface area contributed by atoms with E-state index in [1.165, 1.54) is 0 Å². The third kappa shape index (κ3) is 5.36. The highest BCUT2D eigenvalue weighted by atomic mass is 16.5. The summed E-state index contributed by atoms with van der Waals surface area (Å²) in [6.07, 6.45) is 1.72. The second-order valence-corrected chi connectivity index (χ2v) is 7.83. The predicted molar refractivity (Wildman–Crippen MR) is 123 cm³/mol. The molecule has 166 valence electrons. The normalized spacial score (nSPS) is 16.4. The molecule has 1 aromatic heterocycles. The van der Waals surface area contributed by atoms with Crippen LogP contribution < -0.4 is 14.8 Å². The summed E-state index contributed by atoms with van der Waals surface area (Å²) in [4.78, 5) is 21.5. The Morgan fingerprint density at radius 3 is 2.62 bits per heavy atom. The summed E-state index contributed by atoms with van der Waals surface area (Å²) in [5.74, 6) is 1.86. The second-order valence-electron chi connectivity index (χ2n) is 7.83. The van der Waals surface area contributed by atoms with Crippen molar-refractivity contribution in [2.24, 2.45) is 0 Å². The average Bonchev–Trinajstić information content (AvgIpc) is 2.84. The molecule has 0 spiro atoms. The van der Waals surface area contributed by atoms with Gasteiger partial charge in [-0.25, -0.2) is 9.78 Å². The standard InChI is InChI=1S/C25H28N4O3/c1-28-13-14-29(23(18-28)20-7-4-3-5-8-20)25(30)27-17-19-11-12-24(26-16-19)32-22-10-6-9-21(15-22)31-2/h3-12,15-16,23H,13-14,17-18H2,1-2H3,(H,27,30). The highest BCUT2D eigenvalue weighted by Gasteiger charge is 2.30. The van der Waals surface area contributed by atoms with Crippen LogP contribution in [0.15, 0.2) is 72.9 Å². The third-order valence-corrected chi connectivity index (χ3v) is 5.53. The van der Waals surface area contributed by atoms with Crippen molar-refractivity contribution in [3.8, 4) is 17.4 Å². The van der Waals surface area contributed by atoms with E-state index in [1.807, 2.05) is 47.4 Å². The van der Waals surface area contributed by atoms with Crippen molar-refractivity contribution in [3.05, 3.63) is 84.1 Å². The van der Waals surface area contributed by atoms with E-state index < -0.39 is 0 Å². The van der Waals surface area contributed by atoms with Gasteiger partial charge in [-0.05, 0) is 30.3 Å². The van der Waals surface area contributed by atoms with Crippen LogP contribution in [0.3, 0.4) is 0 Å². The molecule has 1 fully saturated rings. The van der Waals surface area contributed by atoms with Gasteiger partial charge in [0.2, 0.25) is 5.88 Å². The Morgan fingerprint density at radius 2 is 1.88 bits per heavy atom. The van der Waals surface area contributed by atoms with Gasteiger partial charge in [0.1, 0.15) is 11.5 Å². The van der Waals surface area contributed by atoms with Crippen LogP contribution in [0.25, 0.3) is 0 Å². The Labute approximate surface area is 188 Å². The first-order chi connectivity index (χ1) is 15.6. The number of ether oxygens (including phenoxy) is 2. The van der Waals surface area contributed by atoms with E-state index in [9.17, 15) is 4.79 Å². The number of benzene rings is 2. The number of hydrogen-bond donors (Lipinski definition) is 1. The number of urea groups is 1. The Hall–Kier alpha value is -3.58. The minimum atomic E-state index is -0.0661. The molecular formula is C25H28N4O3. The van der Waals surface area contributed by atoms with E-state index in [1.54, 1.807) is 25.4 Å². The van der Waals surface area contributed by atoms with E-state index in [2.05, 4.69) is 34.4 Å². The number of carbonyl (C=O) groups excluding carboxylic acids is 1. The van der Waals surface area contributed by atoms with Gasteiger partial charge in [-0.3, -0.25) is 0 Å². The van der Waals surface area contributed by atoms with Crippen molar-refractivity contribution in [1.29, 1.82) is 0 Å². The minimum Gasteiger partial charge on any atom is -0.497 e. The fourth-order valence-corrected chi connectivity index (χ4v) is 3.76. The van der Waals surface area contributed by atoms with Gasteiger partial charge in [0.25, 0.3) is 0 Å². The summed E-state index contributed by atoms with van der Waals surface area (Å²) < 4.78 is 11.0. The number of carbonyl (C=O) groups is 1. The van der Waals surface area contributed by atoms with Crippen molar-refractivity contribution >= 4 is 6.03 Å². The van der Waals surface area contributed by atoms with Crippen molar-refractivity contribution in [3.63, 3.8) is 0 Å². The lowest BCUT2D eigenvalue weighted by atomic mass is 10.0. The molecule has 2 heterocycles. The van der Waals surface area contributed by atoms with Gasteiger partial charge in [-0.15, -0.1) is 0 Å². The molecule has 0 aliphatic carbocycles. The Kier molecular flexibility index (Phi) is 6.87. The summed E-state index contributed by atoms with van der Waals surface area (Å²) >= 11 is 0. The highest BCUT2D eigenvalue weighted by molar-refractivity contribution is 5.75. The summed E-state index contributed by atoms with van der Waals surface area (Å²) in [5.41, 5.74) is 2.05. The van der Waals surface area contributed by atoms with Gasteiger partial charge in [0.15, 0.2) is 0 Å². The molecule has 1 atom stereocenters. The number of likely N-dealkylation sites (N-methyl/N-ethyl adjacent to an activating group) is 1. The number of nitrogens with zero attached hydrogens (tertiary/aromatic N) is 3. The topological polar surface area (TPSA) is 66.9 Å². The molecule has 32 heavy (non-hydrogen) atoms. The molecule has 3 aromatic rings. The number of piperazine rings is 1. The predicted octanol–water partition coefficient (Wildman–Crippen LogP) is 4.08. The fraction of sp³-hybridized carbons (Fsp3) is 0.280. The smallest absolute Gasteiger partial charge is 0.318 e. The fourth-order valence-electron chi connectivity index (χ4n) is 3.76. The number of amides is 2. The molecule has 7 nitrogen and oxygen atoms in total. The molecule has 1 N–H and O–H groups in total. The van der Waals surface area contributed by atoms with E-state index in [4.69, 9.17) is 9.47 Å². The maximum atomic E-state index is 13.0. The van der Waals surface area contributed by atoms with E-state index in [0.717, 1.165) is 30.0 Å². The Bertz CT molecular complexity index is 1030. The number of rotatable bonds is 6. The minimum absolute atomic E-state index is 0.0340. The van der Waals surface area contributed by atoms with Crippen LogP contribution >= 0.6 is 0 Å². The molecule has 1 unspecified atom stereocenters. The Balaban J connectivity index is 1.35. The molecule has 2 amide bonds. The van der Waals surface area contributed by atoms with Crippen molar-refractivity contribution in [2.45, 2.75) is 12.6 Å². The SMILES string of the molecule is COc1cccc(Oc2ccc(CNC(=O)N3CCN(C)CC3c3ccccc3)cn2)c1. The maximum Gasteiger partial charge on any atom is 0.318 e. The van der Waals surface area contributed by atoms with Crippen LogP contribution in [-0.4, -0.2) is 54.6 Å². The van der Waals surface area contributed by atoms with E-state index >= 15 is 0 Å². The zero-order valence-corrected chi connectivity index (χ0v) is 18.4. The molecular weight excluding hydrogens is 404 g/mol. The lowest BCUT2D eigenvalue weighted by Gasteiger charge is -2.40. The first-order valence-electron chi connectivity index (χ1n) is 10.7. The van der Waals surface area contributed by atoms with Crippen molar-refractivity contribution in [2.75, 3.05) is 33.8 Å². The zero-order chi connectivity index (χ0) is 22.3. The third-order valence-electron chi connectivity index (χ3n) is 5.53. The van der Waals surface area contributed by atoms with Crippen LogP contribution in [0, 0.1) is 0 Å². The van der Waals surface area contributed by atoms with Gasteiger partial charge < -0.3 is 24.6 Å². The highest BCUT2D eigenvalue weighted by Crippen LogP contribution is 2.25. The zero-order valence-electron chi connectivity index (χ0n) is 18.4. The molecule has 1 aliphatic heterocycles. The second kappa shape index (κ2) is 10.2. The number of hydrogen-bond acceptors (Lipinski definition) is 5. The molecule has 0 saturated carbocycles. The van der Waals surface area contributed by atoms with Crippen LogP contribution in [0.4, 0.5) is 4.79 Å². The first-order valence-corrected chi connectivity index (χ1v) is 10.7. The van der Waals surface area contributed by atoms with Crippen molar-refractivity contribution in [1.82, 2.24) is 20.1 Å². The molecule has 2 aromatic carbocycles. The van der Waals surface area contributed by atoms with E-state index in [0.29, 0.717) is 24.7 Å². The van der Waals surface area contributed by atoms with Gasteiger partial charge in [-0.1, -0.05) is 42.5 Å². The monoisotopic (exact) mass is 432 g/mol. The summed E-state index contributed by atoms with van der Waals surface area (Å²) in [5, 5.41) is 3.04. The molecule has 7 heteroatoms. The van der Waals surface area contributed by atoms with Crippen LogP contribution in [0.2, 0.25) is 0 Å². The molecule has 1 saturated heterocycles. The van der Waals surface area contributed by atoms with Crippen molar-refractivity contribution < 1.29 is 14.3 Å². The molecule has 1 aliphatic rings. The van der Waals surface area contributed by atoms with Crippen LogP contribution in [0.5, 0.6) is 17.4 Å². The van der Waals surface area contributed by atoms with E-state index in [-0.39, 0.29) is 12.1 Å². The summed E-state index contributed by atoms with van der Waals surface area (Å²) in [6, 6.07) is 21.2. The molecule has 0 radical (unpaired) electrons. The van der Waals surface area contributed by atoms with Crippen LogP contribution in [-0.2, 0) is 6.54 Å². The van der Waals surface area contributed by atoms with Gasteiger partial charge >= 0.3 is 6.03 Å². The van der Waals surface area contributed by atoms with Gasteiger partial charge in [0, 0.05) is 44.5 Å². The summed E-state index contributed by atoms with van der Waals surface area (Å²) in [7, 11) is 3.71. The number of pyridine rings is 1. The maximum absolute atomic E-state index is 13.0. The average molecular weight is 433 g/mol. The quantitative estimate of drug-likeness (QED) is 0.636. The lowest BCUT2D eigenvalue weighted by molar-refractivity contribution is 0.108. The number of nitrogens with one attached hydrogen (secondary N) is 1. The number of aromatic nitrogens is 1. The van der Waals surface area contributed by atoms with Gasteiger partial charge in [0.05, 0.1) is 13.2 Å². The molecule has 0 bridgehead atoms. The van der Waals surface area contributed by atoms with Crippen LogP contribution in [0.1, 0.15) is 17.2 Å². The first kappa shape index (κ1) is 21.6. The summed E-state index contributed by atoms with van der Waals surface area (Å²) in [6.45, 7) is 2.76.